The summed E-state index contributed by atoms with van der Waals surface area (Å²) in [5.41, 5.74) is 5.77. The summed E-state index contributed by atoms with van der Waals surface area (Å²) in [7, 11) is 0. The van der Waals surface area contributed by atoms with Gasteiger partial charge in [-0.3, -0.25) is 4.79 Å². The molecule has 0 bridgehead atoms. The lowest BCUT2D eigenvalue weighted by Crippen LogP contribution is -2.24. The zero-order valence-electron chi connectivity index (χ0n) is 10.6. The molecule has 0 saturated carbocycles. The molecule has 0 aliphatic heterocycles. The van der Waals surface area contributed by atoms with Crippen LogP contribution >= 0.6 is 0 Å². The average molecular weight is 252 g/mol. The van der Waals surface area contributed by atoms with Crippen LogP contribution in [0.15, 0.2) is 60.9 Å². The fraction of sp³-hybridized carbons (Fsp3) is 0.0667. The average Bonchev–Trinajstić information content (AvgIpc) is 2.78. The van der Waals surface area contributed by atoms with Crippen molar-refractivity contribution in [3.05, 3.63) is 60.9 Å². The summed E-state index contributed by atoms with van der Waals surface area (Å²) in [5, 5.41) is 0. The van der Waals surface area contributed by atoms with E-state index < -0.39 is 0 Å². The molecule has 2 aromatic heterocycles. The van der Waals surface area contributed by atoms with Crippen molar-refractivity contribution < 1.29 is 9.20 Å². The quantitative estimate of drug-likeness (QED) is 0.696. The topological polar surface area (TPSA) is 38.1 Å². The molecule has 0 aliphatic carbocycles. The van der Waals surface area contributed by atoms with Crippen LogP contribution in [0.25, 0.3) is 16.9 Å². The molecule has 4 nitrogen and oxygen atoms in total. The van der Waals surface area contributed by atoms with Crippen LogP contribution in [0.1, 0.15) is 6.92 Å². The third kappa shape index (κ3) is 2.08. The Labute approximate surface area is 110 Å². The van der Waals surface area contributed by atoms with E-state index in [1.54, 1.807) is 4.68 Å². The number of benzene rings is 1. The molecule has 0 unspecified atom stereocenters. The normalized spacial score (nSPS) is 10.6. The van der Waals surface area contributed by atoms with Crippen LogP contribution < -0.4 is 9.83 Å². The Balaban J connectivity index is 2.26. The number of nitrogens with one attached hydrogen (secondary N) is 1. The SMILES string of the molecule is CC(=O)Nn1c(-c2ccccc2)c[n+]2ccccc12. The van der Waals surface area contributed by atoms with Crippen LogP contribution in [0.5, 0.6) is 0 Å². The van der Waals surface area contributed by atoms with Crippen molar-refractivity contribution in [1.82, 2.24) is 4.68 Å². The largest absolute Gasteiger partial charge is 0.310 e. The van der Waals surface area contributed by atoms with Gasteiger partial charge in [-0.05, 0) is 6.07 Å². The van der Waals surface area contributed by atoms with E-state index in [4.69, 9.17) is 0 Å². The minimum atomic E-state index is -0.0980. The van der Waals surface area contributed by atoms with Gasteiger partial charge in [0.15, 0.2) is 0 Å². The third-order valence-corrected chi connectivity index (χ3v) is 2.94. The first kappa shape index (κ1) is 11.5. The highest BCUT2D eigenvalue weighted by Crippen LogP contribution is 2.18. The highest BCUT2D eigenvalue weighted by molar-refractivity contribution is 5.82. The van der Waals surface area contributed by atoms with Crippen molar-refractivity contribution in [3.8, 4) is 11.3 Å². The molecule has 0 spiro atoms. The van der Waals surface area contributed by atoms with Gasteiger partial charge in [-0.25, -0.2) is 4.40 Å². The van der Waals surface area contributed by atoms with Crippen molar-refractivity contribution in [2.24, 2.45) is 0 Å². The second-order valence-corrected chi connectivity index (χ2v) is 4.35. The zero-order valence-corrected chi connectivity index (χ0v) is 10.6. The van der Waals surface area contributed by atoms with Crippen LogP contribution in [-0.4, -0.2) is 10.6 Å². The molecule has 94 valence electrons. The highest BCUT2D eigenvalue weighted by atomic mass is 16.2. The molecule has 4 heteroatoms. The van der Waals surface area contributed by atoms with Gasteiger partial charge < -0.3 is 0 Å². The number of carbonyl (C=O) groups excluding carboxylic acids is 1. The maximum Gasteiger partial charge on any atom is 0.310 e. The molecule has 3 aromatic rings. The molecule has 1 amide bonds. The summed E-state index contributed by atoms with van der Waals surface area (Å²) in [5.74, 6) is -0.0980. The van der Waals surface area contributed by atoms with E-state index in [1.807, 2.05) is 65.3 Å². The predicted molar refractivity (Wildman–Crippen MR) is 73.1 cm³/mol. The third-order valence-electron chi connectivity index (χ3n) is 2.94. The van der Waals surface area contributed by atoms with E-state index in [-0.39, 0.29) is 5.91 Å². The number of imidazole rings is 1. The van der Waals surface area contributed by atoms with Crippen molar-refractivity contribution in [3.63, 3.8) is 0 Å². The van der Waals surface area contributed by atoms with Crippen molar-refractivity contribution in [2.75, 3.05) is 5.43 Å². The first-order chi connectivity index (χ1) is 9.25. The van der Waals surface area contributed by atoms with Gasteiger partial charge in [0.25, 0.3) is 5.91 Å². The second-order valence-electron chi connectivity index (χ2n) is 4.35. The lowest BCUT2D eigenvalue weighted by atomic mass is 10.2. The highest BCUT2D eigenvalue weighted by Gasteiger charge is 2.19. The van der Waals surface area contributed by atoms with Gasteiger partial charge in [0.2, 0.25) is 5.69 Å². The van der Waals surface area contributed by atoms with Crippen LogP contribution in [0.2, 0.25) is 0 Å². The van der Waals surface area contributed by atoms with E-state index in [1.165, 1.54) is 6.92 Å². The van der Waals surface area contributed by atoms with E-state index in [9.17, 15) is 4.79 Å². The van der Waals surface area contributed by atoms with E-state index >= 15 is 0 Å². The summed E-state index contributed by atoms with van der Waals surface area (Å²) in [6.07, 6.45) is 3.96. The minimum Gasteiger partial charge on any atom is -0.272 e. The lowest BCUT2D eigenvalue weighted by Gasteiger charge is -2.01. The Morgan fingerprint density at radius 3 is 2.58 bits per heavy atom. The van der Waals surface area contributed by atoms with E-state index in [0.717, 1.165) is 16.9 Å². The summed E-state index contributed by atoms with van der Waals surface area (Å²) < 4.78 is 3.79. The fourth-order valence-electron chi connectivity index (χ4n) is 2.15. The molecule has 1 N–H and O–H groups in total. The molecule has 19 heavy (non-hydrogen) atoms. The van der Waals surface area contributed by atoms with Crippen molar-refractivity contribution >= 4 is 11.6 Å². The lowest BCUT2D eigenvalue weighted by molar-refractivity contribution is -0.510. The number of hydrogen-bond donors (Lipinski definition) is 1. The Hall–Kier alpha value is -2.62. The molecule has 1 aromatic carbocycles. The zero-order chi connectivity index (χ0) is 13.2. The fourth-order valence-corrected chi connectivity index (χ4v) is 2.15. The molecule has 0 radical (unpaired) electrons. The van der Waals surface area contributed by atoms with E-state index in [2.05, 4.69) is 5.43 Å². The molecular formula is C15H14N3O+. The number of amides is 1. The first-order valence-electron chi connectivity index (χ1n) is 6.10. The Bertz CT molecular complexity index is 731. The maximum atomic E-state index is 11.4. The minimum absolute atomic E-state index is 0.0980. The van der Waals surface area contributed by atoms with E-state index in [0.29, 0.717) is 0 Å². The molecular weight excluding hydrogens is 238 g/mol. The Morgan fingerprint density at radius 2 is 1.84 bits per heavy atom. The van der Waals surface area contributed by atoms with Gasteiger partial charge in [-0.15, -0.1) is 4.68 Å². The maximum absolute atomic E-state index is 11.4. The van der Waals surface area contributed by atoms with Gasteiger partial charge in [0.1, 0.15) is 6.20 Å². The van der Waals surface area contributed by atoms with Gasteiger partial charge in [0.05, 0.1) is 6.20 Å². The second kappa shape index (κ2) is 4.57. The van der Waals surface area contributed by atoms with Gasteiger partial charge in [-0.2, -0.15) is 5.43 Å². The van der Waals surface area contributed by atoms with Crippen LogP contribution in [-0.2, 0) is 4.79 Å². The summed E-state index contributed by atoms with van der Waals surface area (Å²) >= 11 is 0. The molecule has 0 aliphatic rings. The number of fused-ring (bicyclic) bond motifs is 1. The molecule has 0 fully saturated rings. The first-order valence-corrected chi connectivity index (χ1v) is 6.10. The molecule has 3 rings (SSSR count). The predicted octanol–water partition coefficient (Wildman–Crippen LogP) is 1.98. The molecule has 2 heterocycles. The van der Waals surface area contributed by atoms with Crippen LogP contribution in [0.3, 0.4) is 0 Å². The Morgan fingerprint density at radius 1 is 1.11 bits per heavy atom. The smallest absolute Gasteiger partial charge is 0.272 e. The molecule has 0 saturated heterocycles. The number of pyridine rings is 1. The van der Waals surface area contributed by atoms with Crippen molar-refractivity contribution in [2.45, 2.75) is 6.92 Å². The van der Waals surface area contributed by atoms with Crippen LogP contribution in [0.4, 0.5) is 0 Å². The number of nitrogens with zero attached hydrogens (tertiary/aromatic N) is 2. The number of rotatable bonds is 2. The van der Waals surface area contributed by atoms with Crippen LogP contribution in [0, 0.1) is 0 Å². The van der Waals surface area contributed by atoms with Gasteiger partial charge >= 0.3 is 5.65 Å². The summed E-state index contributed by atoms with van der Waals surface area (Å²) in [4.78, 5) is 11.4. The number of hydrogen-bond acceptors (Lipinski definition) is 1. The van der Waals surface area contributed by atoms with Crippen molar-refractivity contribution in [1.29, 1.82) is 0 Å². The standard InChI is InChI=1S/C15H13N3O/c1-12(19)16-18-14(13-7-3-2-4-8-13)11-17-10-6-5-9-15(17)18/h2-11H,1H3/p+1. The van der Waals surface area contributed by atoms with Gasteiger partial charge in [0, 0.05) is 18.6 Å². The summed E-state index contributed by atoms with van der Waals surface area (Å²) in [6, 6.07) is 15.8. The number of aromatic nitrogens is 2. The Kier molecular flexibility index (Phi) is 2.76. The summed E-state index contributed by atoms with van der Waals surface area (Å²) in [6.45, 7) is 1.51. The monoisotopic (exact) mass is 252 g/mol. The molecule has 0 atom stereocenters. The number of carbonyl (C=O) groups is 1. The van der Waals surface area contributed by atoms with Gasteiger partial charge in [-0.1, -0.05) is 36.4 Å².